The van der Waals surface area contributed by atoms with E-state index in [1.165, 1.54) is 0 Å². The number of unbranched alkanes of at least 4 members (excludes halogenated alkanes) is 2. The third-order valence-electron chi connectivity index (χ3n) is 2.58. The molecule has 4 nitrogen and oxygen atoms in total. The molecule has 0 heterocycles. The van der Waals surface area contributed by atoms with Crippen molar-refractivity contribution < 1.29 is 14.1 Å². The minimum Gasteiger partial charge on any atom is -0.480 e. The fourth-order valence-electron chi connectivity index (χ4n) is 1.42. The molecule has 0 radical (unpaired) electrons. The Morgan fingerprint density at radius 3 is 2.41 bits per heavy atom. The lowest BCUT2D eigenvalue weighted by Crippen LogP contribution is -2.38. The van der Waals surface area contributed by atoms with E-state index in [0.717, 1.165) is 32.2 Å². The SMILES string of the molecule is CCCCNC(CCS(=O)CCCC)C(=O)O. The van der Waals surface area contributed by atoms with Crippen molar-refractivity contribution in [2.75, 3.05) is 18.1 Å². The van der Waals surface area contributed by atoms with Crippen LogP contribution in [0.1, 0.15) is 46.0 Å². The van der Waals surface area contributed by atoms with Crippen LogP contribution in [-0.4, -0.2) is 39.4 Å². The minimum absolute atomic E-state index is 0.454. The van der Waals surface area contributed by atoms with Gasteiger partial charge in [0.25, 0.3) is 0 Å². The van der Waals surface area contributed by atoms with E-state index < -0.39 is 22.8 Å². The summed E-state index contributed by atoms with van der Waals surface area (Å²) in [6, 6.07) is -0.549. The maximum absolute atomic E-state index is 11.5. The average Bonchev–Trinajstić information content (AvgIpc) is 2.30. The van der Waals surface area contributed by atoms with Gasteiger partial charge in [0.05, 0.1) is 0 Å². The Hall–Kier alpha value is -0.420. The summed E-state index contributed by atoms with van der Waals surface area (Å²) in [5, 5.41) is 12.0. The van der Waals surface area contributed by atoms with Crippen molar-refractivity contribution >= 4 is 16.8 Å². The molecule has 17 heavy (non-hydrogen) atoms. The molecule has 0 aliphatic carbocycles. The van der Waals surface area contributed by atoms with Crippen LogP contribution in [0.25, 0.3) is 0 Å². The first-order valence-corrected chi connectivity index (χ1v) is 7.91. The highest BCUT2D eigenvalue weighted by Crippen LogP contribution is 1.99. The van der Waals surface area contributed by atoms with Crippen LogP contribution in [-0.2, 0) is 15.6 Å². The van der Waals surface area contributed by atoms with Crippen LogP contribution in [0.4, 0.5) is 0 Å². The highest BCUT2D eigenvalue weighted by Gasteiger charge is 2.16. The first kappa shape index (κ1) is 16.6. The van der Waals surface area contributed by atoms with E-state index in [4.69, 9.17) is 5.11 Å². The smallest absolute Gasteiger partial charge is 0.320 e. The van der Waals surface area contributed by atoms with Gasteiger partial charge < -0.3 is 10.4 Å². The van der Waals surface area contributed by atoms with Gasteiger partial charge in [-0.05, 0) is 25.8 Å². The fourth-order valence-corrected chi connectivity index (χ4v) is 2.74. The number of carbonyl (C=O) groups is 1. The topological polar surface area (TPSA) is 66.4 Å². The molecule has 5 heteroatoms. The van der Waals surface area contributed by atoms with Crippen LogP contribution in [0.3, 0.4) is 0 Å². The maximum atomic E-state index is 11.5. The lowest BCUT2D eigenvalue weighted by Gasteiger charge is -2.13. The molecule has 2 atom stereocenters. The zero-order chi connectivity index (χ0) is 13.1. The van der Waals surface area contributed by atoms with Crippen LogP contribution in [0.2, 0.25) is 0 Å². The molecule has 0 aromatic rings. The highest BCUT2D eigenvalue weighted by atomic mass is 32.2. The highest BCUT2D eigenvalue weighted by molar-refractivity contribution is 7.84. The van der Waals surface area contributed by atoms with Gasteiger partial charge >= 0.3 is 5.97 Å². The Kier molecular flexibility index (Phi) is 10.5. The normalized spacial score (nSPS) is 14.5. The van der Waals surface area contributed by atoms with Gasteiger partial charge in [-0.15, -0.1) is 0 Å². The van der Waals surface area contributed by atoms with E-state index >= 15 is 0 Å². The molecule has 0 aromatic carbocycles. The molecule has 0 bridgehead atoms. The lowest BCUT2D eigenvalue weighted by atomic mass is 10.2. The Morgan fingerprint density at radius 1 is 1.24 bits per heavy atom. The third-order valence-corrected chi connectivity index (χ3v) is 4.01. The van der Waals surface area contributed by atoms with E-state index in [1.54, 1.807) is 0 Å². The van der Waals surface area contributed by atoms with Crippen molar-refractivity contribution in [3.8, 4) is 0 Å². The summed E-state index contributed by atoms with van der Waals surface area (Å²) in [4.78, 5) is 11.0. The zero-order valence-electron chi connectivity index (χ0n) is 10.9. The maximum Gasteiger partial charge on any atom is 0.320 e. The van der Waals surface area contributed by atoms with E-state index in [0.29, 0.717) is 17.9 Å². The summed E-state index contributed by atoms with van der Waals surface area (Å²) in [7, 11) is -0.868. The Labute approximate surface area is 107 Å². The van der Waals surface area contributed by atoms with Gasteiger partial charge in [0.2, 0.25) is 0 Å². The van der Waals surface area contributed by atoms with Crippen LogP contribution in [0.5, 0.6) is 0 Å². The molecule has 0 saturated heterocycles. The van der Waals surface area contributed by atoms with Crippen molar-refractivity contribution in [3.63, 3.8) is 0 Å². The Morgan fingerprint density at radius 2 is 1.88 bits per heavy atom. The second-order valence-electron chi connectivity index (χ2n) is 4.19. The second-order valence-corrected chi connectivity index (χ2v) is 5.88. The molecular weight excluding hydrogens is 238 g/mol. The summed E-state index contributed by atoms with van der Waals surface area (Å²) in [6.45, 7) is 4.84. The van der Waals surface area contributed by atoms with E-state index in [9.17, 15) is 9.00 Å². The average molecular weight is 263 g/mol. The van der Waals surface area contributed by atoms with Gasteiger partial charge in [0, 0.05) is 22.3 Å². The van der Waals surface area contributed by atoms with Gasteiger partial charge in [-0.2, -0.15) is 0 Å². The molecule has 102 valence electrons. The molecule has 0 spiro atoms. The molecule has 0 rings (SSSR count). The van der Waals surface area contributed by atoms with Gasteiger partial charge in [-0.1, -0.05) is 26.7 Å². The van der Waals surface area contributed by atoms with Crippen LogP contribution in [0, 0.1) is 0 Å². The first-order chi connectivity index (χ1) is 8.11. The van der Waals surface area contributed by atoms with Gasteiger partial charge in [0.1, 0.15) is 6.04 Å². The molecule has 0 amide bonds. The Balaban J connectivity index is 3.83. The quantitative estimate of drug-likeness (QED) is 0.558. The van der Waals surface area contributed by atoms with E-state index in [-0.39, 0.29) is 0 Å². The van der Waals surface area contributed by atoms with Gasteiger partial charge in [0.15, 0.2) is 0 Å². The number of hydrogen-bond acceptors (Lipinski definition) is 3. The van der Waals surface area contributed by atoms with Crippen molar-refractivity contribution in [2.45, 2.75) is 52.0 Å². The summed E-state index contributed by atoms with van der Waals surface area (Å²) in [6.07, 6.45) is 4.45. The number of carboxylic acids is 1. The lowest BCUT2D eigenvalue weighted by molar-refractivity contribution is -0.139. The number of rotatable bonds is 11. The molecule has 2 unspecified atom stereocenters. The molecule has 0 fully saturated rings. The largest absolute Gasteiger partial charge is 0.480 e. The molecule has 0 saturated carbocycles. The molecule has 0 aliphatic heterocycles. The van der Waals surface area contributed by atoms with Crippen LogP contribution < -0.4 is 5.32 Å². The molecule has 0 aliphatic rings. The number of hydrogen-bond donors (Lipinski definition) is 2. The molecule has 0 aromatic heterocycles. The summed E-state index contributed by atoms with van der Waals surface area (Å²) in [5.74, 6) is 0.335. The van der Waals surface area contributed by atoms with Gasteiger partial charge in [-0.25, -0.2) is 0 Å². The number of aliphatic carboxylic acids is 1. The van der Waals surface area contributed by atoms with Crippen LogP contribution in [0.15, 0.2) is 0 Å². The van der Waals surface area contributed by atoms with E-state index in [1.807, 2.05) is 0 Å². The van der Waals surface area contributed by atoms with Crippen molar-refractivity contribution in [1.82, 2.24) is 5.32 Å². The predicted octanol–water partition coefficient (Wildman–Crippen LogP) is 1.77. The zero-order valence-corrected chi connectivity index (χ0v) is 11.7. The third kappa shape index (κ3) is 9.30. The fraction of sp³-hybridized carbons (Fsp3) is 0.917. The van der Waals surface area contributed by atoms with Crippen LogP contribution >= 0.6 is 0 Å². The molecule has 2 N–H and O–H groups in total. The van der Waals surface area contributed by atoms with Crippen molar-refractivity contribution in [1.29, 1.82) is 0 Å². The summed E-state index contributed by atoms with van der Waals surface area (Å²) >= 11 is 0. The van der Waals surface area contributed by atoms with Crippen molar-refractivity contribution in [2.24, 2.45) is 0 Å². The standard InChI is InChI=1S/C12H25NO3S/c1-3-5-8-13-11(12(14)15)7-10-17(16)9-6-4-2/h11,13H,3-10H2,1-2H3,(H,14,15). The minimum atomic E-state index is -0.868. The first-order valence-electron chi connectivity index (χ1n) is 6.43. The molecular formula is C12H25NO3S. The van der Waals surface area contributed by atoms with Gasteiger partial charge in [-0.3, -0.25) is 9.00 Å². The van der Waals surface area contributed by atoms with Crippen molar-refractivity contribution in [3.05, 3.63) is 0 Å². The monoisotopic (exact) mass is 263 g/mol. The summed E-state index contributed by atoms with van der Waals surface area (Å²) in [5.41, 5.74) is 0. The summed E-state index contributed by atoms with van der Waals surface area (Å²) < 4.78 is 11.5. The van der Waals surface area contributed by atoms with E-state index in [2.05, 4.69) is 19.2 Å². The predicted molar refractivity (Wildman–Crippen MR) is 71.7 cm³/mol. The second kappa shape index (κ2) is 10.7. The number of nitrogens with one attached hydrogen (secondary N) is 1. The Bertz CT molecular complexity index is 234. The number of carboxylic acid groups (broad SMARTS) is 1.